The first-order chi connectivity index (χ1) is 15.9. The number of hydrogen-bond acceptors (Lipinski definition) is 6. The maximum absolute atomic E-state index is 13.0. The van der Waals surface area contributed by atoms with Crippen molar-refractivity contribution < 1.29 is 18.6 Å². The van der Waals surface area contributed by atoms with Crippen LogP contribution in [0.15, 0.2) is 87.4 Å². The van der Waals surface area contributed by atoms with Crippen molar-refractivity contribution in [1.29, 1.82) is 0 Å². The van der Waals surface area contributed by atoms with Crippen LogP contribution in [0, 0.1) is 0 Å². The summed E-state index contributed by atoms with van der Waals surface area (Å²) in [5, 5.41) is 21.5. The van der Waals surface area contributed by atoms with E-state index in [2.05, 4.69) is 19.7 Å². The predicted octanol–water partition coefficient (Wildman–Crippen LogP) is 2.46. The Morgan fingerprint density at radius 2 is 1.67 bits per heavy atom. The van der Waals surface area contributed by atoms with Gasteiger partial charge >= 0.3 is 0 Å². The van der Waals surface area contributed by atoms with E-state index in [4.69, 9.17) is 5.11 Å². The monoisotopic (exact) mass is 460 g/mol. The second kappa shape index (κ2) is 8.19. The summed E-state index contributed by atoms with van der Waals surface area (Å²) in [6, 6.07) is 18.8. The molecule has 4 aromatic rings. The van der Waals surface area contributed by atoms with Crippen molar-refractivity contribution >= 4 is 32.7 Å². The van der Waals surface area contributed by atoms with Gasteiger partial charge in [-0.25, -0.2) is 18.4 Å². The number of aliphatic hydroxyl groups excluding tert-OH is 1. The zero-order chi connectivity index (χ0) is 23.0. The van der Waals surface area contributed by atoms with Gasteiger partial charge in [0.1, 0.15) is 0 Å². The number of nitrogens with one attached hydrogen (secondary N) is 2. The Morgan fingerprint density at radius 3 is 2.33 bits per heavy atom. The second-order valence-corrected chi connectivity index (χ2v) is 9.27. The Morgan fingerprint density at radius 1 is 0.970 bits per heavy atom. The lowest BCUT2D eigenvalue weighted by Gasteiger charge is -2.09. The van der Waals surface area contributed by atoms with Crippen LogP contribution in [0.5, 0.6) is 5.88 Å². The molecule has 1 aromatic heterocycles. The third-order valence-electron chi connectivity index (χ3n) is 5.33. The summed E-state index contributed by atoms with van der Waals surface area (Å²) in [6.07, 6.45) is 2.13. The highest BCUT2D eigenvalue weighted by Crippen LogP contribution is 2.32. The summed E-state index contributed by atoms with van der Waals surface area (Å²) in [5.74, 6) is 0.322. The number of nitrogens with zero attached hydrogens (tertiary/aromatic N) is 2. The fourth-order valence-corrected chi connectivity index (χ4v) is 4.78. The molecule has 2 heterocycles. The number of aliphatic hydroxyl groups is 1. The Hall–Kier alpha value is -3.95. The second-order valence-electron chi connectivity index (χ2n) is 7.59. The molecule has 33 heavy (non-hydrogen) atoms. The molecule has 166 valence electrons. The van der Waals surface area contributed by atoms with Gasteiger partial charge in [0, 0.05) is 28.8 Å². The van der Waals surface area contributed by atoms with E-state index in [1.54, 1.807) is 36.4 Å². The van der Waals surface area contributed by atoms with E-state index in [-0.39, 0.29) is 17.4 Å². The molecule has 0 radical (unpaired) electrons. The van der Waals surface area contributed by atoms with Gasteiger partial charge in [-0.2, -0.15) is 0 Å². The van der Waals surface area contributed by atoms with Gasteiger partial charge in [0.05, 0.1) is 15.6 Å². The molecule has 0 spiro atoms. The van der Waals surface area contributed by atoms with E-state index in [9.17, 15) is 13.5 Å². The molecule has 0 amide bonds. The molecule has 0 saturated heterocycles. The van der Waals surface area contributed by atoms with Gasteiger partial charge < -0.3 is 15.2 Å². The number of aromatic hydroxyl groups is 1. The number of hydrogen-bond donors (Lipinski definition) is 4. The fourth-order valence-electron chi connectivity index (χ4n) is 3.69. The molecule has 0 aliphatic carbocycles. The average Bonchev–Trinajstić information content (AvgIpc) is 3.35. The van der Waals surface area contributed by atoms with Crippen LogP contribution in [-0.4, -0.2) is 30.2 Å². The quantitative estimate of drug-likeness (QED) is 0.352. The lowest BCUT2D eigenvalue weighted by atomic mass is 10.1. The highest BCUT2D eigenvalue weighted by molar-refractivity contribution is 7.92. The molecular weight excluding hydrogens is 440 g/mol. The molecular formula is C24H20N4O4S. The molecule has 0 atom stereocenters. The predicted molar refractivity (Wildman–Crippen MR) is 125 cm³/mol. The smallest absolute Gasteiger partial charge is 0.261 e. The van der Waals surface area contributed by atoms with Crippen LogP contribution in [0.25, 0.3) is 17.0 Å². The van der Waals surface area contributed by atoms with Crippen LogP contribution >= 0.6 is 0 Å². The van der Waals surface area contributed by atoms with Gasteiger partial charge in [-0.05, 0) is 60.5 Å². The standard InChI is InChI=1S/C24H20N4O4S/c29-12-11-15-5-7-16(8-6-15)28-33(31,32)17-9-10-20-18(13-17)19(24(30)27-20)14-23-25-21-3-1-2-4-22(21)26-23/h1-10,13-14,27-30H,11-12H2. The van der Waals surface area contributed by atoms with E-state index in [1.165, 1.54) is 12.1 Å². The van der Waals surface area contributed by atoms with Crippen molar-refractivity contribution in [3.8, 4) is 5.88 Å². The number of fused-ring (bicyclic) bond motifs is 2. The number of para-hydroxylation sites is 2. The maximum atomic E-state index is 13.0. The van der Waals surface area contributed by atoms with Crippen molar-refractivity contribution in [3.63, 3.8) is 0 Å². The topological polar surface area (TPSA) is 127 Å². The van der Waals surface area contributed by atoms with E-state index in [1.807, 2.05) is 24.3 Å². The van der Waals surface area contributed by atoms with Gasteiger partial charge in [-0.3, -0.25) is 4.72 Å². The largest absolute Gasteiger partial charge is 0.494 e. The highest BCUT2D eigenvalue weighted by Gasteiger charge is 2.18. The molecule has 0 fully saturated rings. The Kier molecular flexibility index (Phi) is 5.20. The lowest BCUT2D eigenvalue weighted by molar-refractivity contribution is 0.299. The van der Waals surface area contributed by atoms with Crippen LogP contribution < -0.4 is 15.4 Å². The molecule has 5 rings (SSSR count). The van der Waals surface area contributed by atoms with Gasteiger partial charge in [-0.1, -0.05) is 24.3 Å². The third kappa shape index (κ3) is 4.11. The number of H-pyrrole nitrogens is 1. The summed E-state index contributed by atoms with van der Waals surface area (Å²) < 4.78 is 28.5. The summed E-state index contributed by atoms with van der Waals surface area (Å²) in [6.45, 7) is 0.0275. The maximum Gasteiger partial charge on any atom is 0.261 e. The average molecular weight is 461 g/mol. The van der Waals surface area contributed by atoms with Crippen molar-refractivity contribution in [2.45, 2.75) is 11.3 Å². The molecule has 0 saturated carbocycles. The number of sulfonamides is 1. The molecule has 3 aromatic carbocycles. The van der Waals surface area contributed by atoms with Crippen molar-refractivity contribution in [2.24, 2.45) is 9.98 Å². The van der Waals surface area contributed by atoms with Gasteiger partial charge in [0.25, 0.3) is 10.0 Å². The first-order valence-electron chi connectivity index (χ1n) is 10.2. The van der Waals surface area contributed by atoms with Crippen LogP contribution in [-0.2, 0) is 16.4 Å². The summed E-state index contributed by atoms with van der Waals surface area (Å²) in [5.41, 5.74) is 2.32. The Balaban J connectivity index is 1.50. The van der Waals surface area contributed by atoms with Crippen molar-refractivity contribution in [2.75, 3.05) is 11.3 Å². The van der Waals surface area contributed by atoms with Crippen LogP contribution in [0.1, 0.15) is 11.1 Å². The summed E-state index contributed by atoms with van der Waals surface area (Å²) in [7, 11) is -3.87. The van der Waals surface area contributed by atoms with E-state index < -0.39 is 10.0 Å². The molecule has 1 aliphatic heterocycles. The lowest BCUT2D eigenvalue weighted by Crippen LogP contribution is -2.19. The number of aromatic amines is 1. The SMILES string of the molecule is O=S(=O)(Nc1ccc(CCO)cc1)c1ccc2[nH]c(O)c(C=C3N=c4ccccc4=N3)c2c1. The third-order valence-corrected chi connectivity index (χ3v) is 6.71. The first-order valence-corrected chi connectivity index (χ1v) is 11.7. The number of anilines is 1. The fraction of sp³-hybridized carbons (Fsp3) is 0.0833. The molecule has 0 bridgehead atoms. The van der Waals surface area contributed by atoms with Crippen molar-refractivity contribution in [1.82, 2.24) is 4.98 Å². The minimum Gasteiger partial charge on any atom is -0.494 e. The minimum atomic E-state index is -3.87. The Labute approximate surface area is 189 Å². The zero-order valence-corrected chi connectivity index (χ0v) is 18.2. The van der Waals surface area contributed by atoms with Crippen LogP contribution in [0.4, 0.5) is 5.69 Å². The van der Waals surface area contributed by atoms with Crippen LogP contribution in [0.2, 0.25) is 0 Å². The van der Waals surface area contributed by atoms with E-state index in [0.29, 0.717) is 34.4 Å². The first kappa shape index (κ1) is 20.9. The Bertz CT molecular complexity index is 1580. The normalized spacial score (nSPS) is 12.8. The summed E-state index contributed by atoms with van der Waals surface area (Å²) in [4.78, 5) is 11.8. The van der Waals surface area contributed by atoms with Crippen molar-refractivity contribution in [3.05, 3.63) is 94.4 Å². The van der Waals surface area contributed by atoms with E-state index in [0.717, 1.165) is 16.3 Å². The van der Waals surface area contributed by atoms with Crippen LogP contribution in [0.3, 0.4) is 0 Å². The molecule has 8 nitrogen and oxygen atoms in total. The molecule has 1 aliphatic rings. The highest BCUT2D eigenvalue weighted by atomic mass is 32.2. The van der Waals surface area contributed by atoms with E-state index >= 15 is 0 Å². The molecule has 4 N–H and O–H groups in total. The number of aromatic nitrogens is 1. The number of benzene rings is 3. The summed E-state index contributed by atoms with van der Waals surface area (Å²) >= 11 is 0. The number of rotatable bonds is 6. The van der Waals surface area contributed by atoms with Gasteiger partial charge in [-0.15, -0.1) is 0 Å². The van der Waals surface area contributed by atoms with Gasteiger partial charge in [0.15, 0.2) is 11.7 Å². The minimum absolute atomic E-state index is 0.0275. The molecule has 9 heteroatoms. The van der Waals surface area contributed by atoms with Gasteiger partial charge in [0.2, 0.25) is 0 Å². The zero-order valence-electron chi connectivity index (χ0n) is 17.4. The molecule has 0 unspecified atom stereocenters.